The highest BCUT2D eigenvalue weighted by molar-refractivity contribution is 5.61. The Labute approximate surface area is 73.1 Å². The molecule has 0 amide bonds. The molecule has 0 aromatic carbocycles. The van der Waals surface area contributed by atoms with E-state index in [-0.39, 0.29) is 5.41 Å². The Bertz CT molecular complexity index is 191. The van der Waals surface area contributed by atoms with E-state index >= 15 is 0 Å². The molecule has 2 rings (SSSR count). The lowest BCUT2D eigenvalue weighted by Gasteiger charge is -2.46. The molecule has 0 spiro atoms. The van der Waals surface area contributed by atoms with Crippen molar-refractivity contribution in [2.75, 3.05) is 33.2 Å². The van der Waals surface area contributed by atoms with Gasteiger partial charge in [0.2, 0.25) is 0 Å². The van der Waals surface area contributed by atoms with E-state index < -0.39 is 0 Å². The van der Waals surface area contributed by atoms with Crippen molar-refractivity contribution < 1.29 is 4.79 Å². The summed E-state index contributed by atoms with van der Waals surface area (Å²) >= 11 is 0. The van der Waals surface area contributed by atoms with Crippen LogP contribution in [0.3, 0.4) is 0 Å². The third-order valence-corrected chi connectivity index (χ3v) is 3.01. The van der Waals surface area contributed by atoms with Gasteiger partial charge in [-0.15, -0.1) is 0 Å². The van der Waals surface area contributed by atoms with E-state index in [9.17, 15) is 4.79 Å². The van der Waals surface area contributed by atoms with Crippen LogP contribution in [0.1, 0.15) is 6.42 Å². The fourth-order valence-electron chi connectivity index (χ4n) is 2.66. The van der Waals surface area contributed by atoms with Gasteiger partial charge in [-0.25, -0.2) is 0 Å². The first kappa shape index (κ1) is 8.20. The molecule has 0 aromatic heterocycles. The van der Waals surface area contributed by atoms with E-state index in [1.807, 2.05) is 0 Å². The SMILES string of the molecule is CN1CC2CNCC(C=O)(C2)C1. The zero-order valence-corrected chi connectivity index (χ0v) is 7.55. The zero-order chi connectivity index (χ0) is 8.60. The molecule has 2 aliphatic rings. The fraction of sp³-hybridized carbons (Fsp3) is 0.889. The standard InChI is InChI=1S/C9H16N2O/c1-11-4-8-2-9(6-11,7-12)5-10-3-8/h7-8,10H,2-6H2,1H3. The van der Waals surface area contributed by atoms with Gasteiger partial charge in [-0.05, 0) is 25.9 Å². The first-order valence-corrected chi connectivity index (χ1v) is 4.60. The van der Waals surface area contributed by atoms with Crippen LogP contribution in [-0.4, -0.2) is 44.4 Å². The maximum Gasteiger partial charge on any atom is 0.128 e. The van der Waals surface area contributed by atoms with Gasteiger partial charge in [0.15, 0.2) is 0 Å². The average Bonchev–Trinajstić information content (AvgIpc) is 2.03. The van der Waals surface area contributed by atoms with Crippen molar-refractivity contribution in [1.29, 1.82) is 0 Å². The lowest BCUT2D eigenvalue weighted by molar-refractivity contribution is -0.121. The molecule has 2 saturated heterocycles. The van der Waals surface area contributed by atoms with Gasteiger partial charge in [0.25, 0.3) is 0 Å². The van der Waals surface area contributed by atoms with Crippen molar-refractivity contribution in [3.05, 3.63) is 0 Å². The molecule has 3 nitrogen and oxygen atoms in total. The van der Waals surface area contributed by atoms with Crippen LogP contribution < -0.4 is 5.32 Å². The molecular formula is C9H16N2O. The van der Waals surface area contributed by atoms with Crippen LogP contribution in [0.25, 0.3) is 0 Å². The Kier molecular flexibility index (Phi) is 1.93. The van der Waals surface area contributed by atoms with Crippen molar-refractivity contribution in [2.45, 2.75) is 6.42 Å². The maximum atomic E-state index is 11.0. The Hall–Kier alpha value is -0.410. The Balaban J connectivity index is 2.15. The molecule has 2 aliphatic heterocycles. The molecule has 2 bridgehead atoms. The molecule has 0 saturated carbocycles. The van der Waals surface area contributed by atoms with Crippen molar-refractivity contribution in [3.63, 3.8) is 0 Å². The summed E-state index contributed by atoms with van der Waals surface area (Å²) in [4.78, 5) is 13.3. The summed E-state index contributed by atoms with van der Waals surface area (Å²) in [6.45, 7) is 4.03. The number of carbonyl (C=O) groups is 1. The highest BCUT2D eigenvalue weighted by Gasteiger charge is 2.41. The number of piperidine rings is 2. The highest BCUT2D eigenvalue weighted by Crippen LogP contribution is 2.32. The molecule has 0 aromatic rings. The van der Waals surface area contributed by atoms with E-state index in [1.165, 1.54) is 0 Å². The predicted octanol–water partition coefficient (Wildman–Crippen LogP) is -0.273. The first-order chi connectivity index (χ1) is 5.74. The molecule has 68 valence electrons. The quantitative estimate of drug-likeness (QED) is 0.547. The lowest BCUT2D eigenvalue weighted by Crippen LogP contribution is -2.57. The predicted molar refractivity (Wildman–Crippen MR) is 47.0 cm³/mol. The molecule has 1 N–H and O–H groups in total. The van der Waals surface area contributed by atoms with Gasteiger partial charge in [0, 0.05) is 19.6 Å². The fourth-order valence-corrected chi connectivity index (χ4v) is 2.66. The normalized spacial score (nSPS) is 42.6. The van der Waals surface area contributed by atoms with E-state index in [1.54, 1.807) is 0 Å². The summed E-state index contributed by atoms with van der Waals surface area (Å²) < 4.78 is 0. The maximum absolute atomic E-state index is 11.0. The third-order valence-electron chi connectivity index (χ3n) is 3.01. The number of carbonyl (C=O) groups excluding carboxylic acids is 1. The summed E-state index contributed by atoms with van der Waals surface area (Å²) in [5.41, 5.74) is -0.0735. The molecule has 3 heteroatoms. The van der Waals surface area contributed by atoms with Crippen LogP contribution in [0.2, 0.25) is 0 Å². The van der Waals surface area contributed by atoms with Crippen molar-refractivity contribution in [3.8, 4) is 0 Å². The van der Waals surface area contributed by atoms with E-state index in [2.05, 4.69) is 17.3 Å². The molecule has 2 unspecified atom stereocenters. The highest BCUT2D eigenvalue weighted by atomic mass is 16.1. The topological polar surface area (TPSA) is 32.3 Å². The third kappa shape index (κ3) is 1.27. The van der Waals surface area contributed by atoms with Gasteiger partial charge in [-0.3, -0.25) is 0 Å². The number of hydrogen-bond donors (Lipinski definition) is 1. The molecule has 2 atom stereocenters. The smallest absolute Gasteiger partial charge is 0.128 e. The number of rotatable bonds is 1. The largest absolute Gasteiger partial charge is 0.315 e. The molecule has 2 fully saturated rings. The van der Waals surface area contributed by atoms with Crippen molar-refractivity contribution in [1.82, 2.24) is 10.2 Å². The molecule has 0 radical (unpaired) electrons. The summed E-state index contributed by atoms with van der Waals surface area (Å²) in [6.07, 6.45) is 2.25. The van der Waals surface area contributed by atoms with Gasteiger partial charge in [-0.2, -0.15) is 0 Å². The number of nitrogens with zero attached hydrogens (tertiary/aromatic N) is 1. The van der Waals surface area contributed by atoms with Gasteiger partial charge in [0.05, 0.1) is 5.41 Å². The van der Waals surface area contributed by atoms with E-state index in [4.69, 9.17) is 0 Å². The Morgan fingerprint density at radius 2 is 2.50 bits per heavy atom. The molecular weight excluding hydrogens is 152 g/mol. The second-order valence-electron chi connectivity index (χ2n) is 4.38. The number of fused-ring (bicyclic) bond motifs is 2. The van der Waals surface area contributed by atoms with Crippen molar-refractivity contribution >= 4 is 6.29 Å². The molecule has 2 heterocycles. The van der Waals surface area contributed by atoms with Crippen LogP contribution in [0.15, 0.2) is 0 Å². The van der Waals surface area contributed by atoms with Gasteiger partial charge < -0.3 is 15.0 Å². The number of hydrogen-bond acceptors (Lipinski definition) is 3. The minimum atomic E-state index is -0.0735. The first-order valence-electron chi connectivity index (χ1n) is 4.60. The Morgan fingerprint density at radius 3 is 3.25 bits per heavy atom. The average molecular weight is 168 g/mol. The second-order valence-corrected chi connectivity index (χ2v) is 4.38. The van der Waals surface area contributed by atoms with Gasteiger partial charge in [0.1, 0.15) is 6.29 Å². The van der Waals surface area contributed by atoms with E-state index in [0.717, 1.165) is 38.9 Å². The number of aldehydes is 1. The summed E-state index contributed by atoms with van der Waals surface area (Å²) in [7, 11) is 2.11. The van der Waals surface area contributed by atoms with Crippen LogP contribution >= 0.6 is 0 Å². The lowest BCUT2D eigenvalue weighted by atomic mass is 9.74. The van der Waals surface area contributed by atoms with Crippen LogP contribution in [0.4, 0.5) is 0 Å². The van der Waals surface area contributed by atoms with Crippen LogP contribution in [0, 0.1) is 11.3 Å². The monoisotopic (exact) mass is 168 g/mol. The summed E-state index contributed by atoms with van der Waals surface area (Å²) in [5, 5.41) is 3.34. The second kappa shape index (κ2) is 2.82. The van der Waals surface area contributed by atoms with Crippen LogP contribution in [0.5, 0.6) is 0 Å². The van der Waals surface area contributed by atoms with Gasteiger partial charge in [-0.1, -0.05) is 0 Å². The number of likely N-dealkylation sites (tertiary alicyclic amines) is 1. The molecule has 12 heavy (non-hydrogen) atoms. The Morgan fingerprint density at radius 1 is 1.67 bits per heavy atom. The number of nitrogens with one attached hydrogen (secondary N) is 1. The summed E-state index contributed by atoms with van der Waals surface area (Å²) in [5.74, 6) is 0.683. The van der Waals surface area contributed by atoms with E-state index in [0.29, 0.717) is 5.92 Å². The minimum absolute atomic E-state index is 0.0735. The molecule has 0 aliphatic carbocycles. The summed E-state index contributed by atoms with van der Waals surface area (Å²) in [6, 6.07) is 0. The van der Waals surface area contributed by atoms with Crippen LogP contribution in [-0.2, 0) is 4.79 Å². The van der Waals surface area contributed by atoms with Crippen molar-refractivity contribution in [2.24, 2.45) is 11.3 Å². The zero-order valence-electron chi connectivity index (χ0n) is 7.55. The van der Waals surface area contributed by atoms with Gasteiger partial charge >= 0.3 is 0 Å². The minimum Gasteiger partial charge on any atom is -0.315 e.